The van der Waals surface area contributed by atoms with Gasteiger partial charge in [0.25, 0.3) is 0 Å². The van der Waals surface area contributed by atoms with E-state index in [1.165, 1.54) is 0 Å². The number of fused-ring (bicyclic) bond motifs is 4. The van der Waals surface area contributed by atoms with Crippen LogP contribution in [0.25, 0.3) is 0 Å². The maximum Gasteiger partial charge on any atom is -0.0412 e. The van der Waals surface area contributed by atoms with E-state index in [1.54, 1.807) is 77.0 Å². The van der Waals surface area contributed by atoms with E-state index in [4.69, 9.17) is 0 Å². The summed E-state index contributed by atoms with van der Waals surface area (Å²) in [6.45, 7) is 0. The van der Waals surface area contributed by atoms with Crippen molar-refractivity contribution >= 4 is 0 Å². The van der Waals surface area contributed by atoms with Gasteiger partial charge in [-0.2, -0.15) is 0 Å². The molecule has 3 aliphatic rings. The molecule has 92 valence electrons. The van der Waals surface area contributed by atoms with E-state index in [1.807, 2.05) is 0 Å². The van der Waals surface area contributed by atoms with Crippen molar-refractivity contribution in [3.8, 4) is 0 Å². The molecule has 0 aliphatic heterocycles. The molecule has 0 nitrogen and oxygen atoms in total. The molecule has 3 saturated carbocycles. The summed E-state index contributed by atoms with van der Waals surface area (Å²) in [5.74, 6) is 4.51. The molecule has 0 spiro atoms. The molecular weight excluding hydrogens is 192 g/mol. The van der Waals surface area contributed by atoms with E-state index < -0.39 is 0 Å². The van der Waals surface area contributed by atoms with Crippen molar-refractivity contribution in [1.82, 2.24) is 0 Å². The van der Waals surface area contributed by atoms with Crippen LogP contribution in [0.3, 0.4) is 0 Å². The van der Waals surface area contributed by atoms with Gasteiger partial charge in [-0.25, -0.2) is 0 Å². The minimum atomic E-state index is 1.13. The topological polar surface area (TPSA) is 0 Å². The van der Waals surface area contributed by atoms with Crippen molar-refractivity contribution in [3.63, 3.8) is 0 Å². The van der Waals surface area contributed by atoms with Crippen molar-refractivity contribution in [2.75, 3.05) is 0 Å². The van der Waals surface area contributed by atoms with E-state index in [9.17, 15) is 0 Å². The van der Waals surface area contributed by atoms with E-state index in [0.29, 0.717) is 0 Å². The normalized spacial score (nSPS) is 45.0. The second kappa shape index (κ2) is 5.10. The summed E-state index contributed by atoms with van der Waals surface area (Å²) in [6, 6.07) is 0. The SMILES string of the molecule is C1CC2CCC(CCCC3CCC(C1)C3)C2. The minimum Gasteiger partial charge on any atom is -0.0528 e. The van der Waals surface area contributed by atoms with Crippen molar-refractivity contribution < 1.29 is 0 Å². The lowest BCUT2D eigenvalue weighted by Gasteiger charge is -2.16. The van der Waals surface area contributed by atoms with Crippen molar-refractivity contribution in [2.45, 2.75) is 77.0 Å². The third-order valence-corrected chi connectivity index (χ3v) is 5.75. The molecule has 3 fully saturated rings. The second-order valence-corrected chi connectivity index (χ2v) is 6.95. The third-order valence-electron chi connectivity index (χ3n) is 5.75. The van der Waals surface area contributed by atoms with Crippen LogP contribution >= 0.6 is 0 Å². The summed E-state index contributed by atoms with van der Waals surface area (Å²) < 4.78 is 0. The van der Waals surface area contributed by atoms with Crippen LogP contribution in [0.2, 0.25) is 0 Å². The summed E-state index contributed by atoms with van der Waals surface area (Å²) in [6.07, 6.45) is 18.8. The molecule has 3 rings (SSSR count). The predicted molar refractivity (Wildman–Crippen MR) is 69.4 cm³/mol. The highest BCUT2D eigenvalue weighted by Crippen LogP contribution is 2.42. The van der Waals surface area contributed by atoms with Crippen LogP contribution in [0.1, 0.15) is 77.0 Å². The summed E-state index contributed by atoms with van der Waals surface area (Å²) in [5.41, 5.74) is 0. The fraction of sp³-hybridized carbons (Fsp3) is 1.00. The lowest BCUT2D eigenvalue weighted by molar-refractivity contribution is 0.359. The van der Waals surface area contributed by atoms with Gasteiger partial charge in [-0.3, -0.25) is 0 Å². The molecular formula is C16H28. The smallest absolute Gasteiger partial charge is 0.0412 e. The molecule has 4 bridgehead atoms. The summed E-state index contributed by atoms with van der Waals surface area (Å²) in [7, 11) is 0. The quantitative estimate of drug-likeness (QED) is 0.528. The van der Waals surface area contributed by atoms with Gasteiger partial charge in [0.05, 0.1) is 0 Å². The maximum absolute atomic E-state index is 1.59. The van der Waals surface area contributed by atoms with Crippen molar-refractivity contribution in [3.05, 3.63) is 0 Å². The van der Waals surface area contributed by atoms with Crippen LogP contribution in [0.15, 0.2) is 0 Å². The molecule has 16 heavy (non-hydrogen) atoms. The van der Waals surface area contributed by atoms with Gasteiger partial charge in [0, 0.05) is 0 Å². The van der Waals surface area contributed by atoms with Crippen LogP contribution < -0.4 is 0 Å². The molecule has 0 heteroatoms. The standard InChI is InChI=1S/C16H28/c1-3-13-7-9-15(11-13)5-2-6-16-10-8-14(4-1)12-16/h13-16H,1-12H2. The molecule has 0 radical (unpaired) electrons. The first kappa shape index (κ1) is 11.1. The highest BCUT2D eigenvalue weighted by atomic mass is 14.3. The lowest BCUT2D eigenvalue weighted by Crippen LogP contribution is -2.03. The van der Waals surface area contributed by atoms with Crippen LogP contribution in [0, 0.1) is 23.7 Å². The molecule has 0 aromatic rings. The fourth-order valence-electron chi connectivity index (χ4n) is 4.80. The maximum atomic E-state index is 1.59. The molecule has 3 aliphatic carbocycles. The van der Waals surface area contributed by atoms with Gasteiger partial charge in [0.2, 0.25) is 0 Å². The highest BCUT2D eigenvalue weighted by Gasteiger charge is 2.28. The lowest BCUT2D eigenvalue weighted by atomic mass is 9.89. The molecule has 0 N–H and O–H groups in total. The Hall–Kier alpha value is 0. The van der Waals surface area contributed by atoms with Gasteiger partial charge < -0.3 is 0 Å². The van der Waals surface area contributed by atoms with E-state index in [0.717, 1.165) is 23.7 Å². The first-order valence-corrected chi connectivity index (χ1v) is 7.90. The molecule has 0 amide bonds. The zero-order valence-electron chi connectivity index (χ0n) is 10.8. The highest BCUT2D eigenvalue weighted by molar-refractivity contribution is 4.80. The Bertz CT molecular complexity index is 176. The molecule has 0 saturated heterocycles. The predicted octanol–water partition coefficient (Wildman–Crippen LogP) is 5.17. The Morgan fingerprint density at radius 3 is 1.00 bits per heavy atom. The average molecular weight is 220 g/mol. The summed E-state index contributed by atoms with van der Waals surface area (Å²) in [4.78, 5) is 0. The Morgan fingerprint density at radius 1 is 0.375 bits per heavy atom. The van der Waals surface area contributed by atoms with Crippen LogP contribution in [-0.4, -0.2) is 0 Å². The number of rotatable bonds is 0. The second-order valence-electron chi connectivity index (χ2n) is 6.95. The van der Waals surface area contributed by atoms with Crippen molar-refractivity contribution in [2.24, 2.45) is 23.7 Å². The van der Waals surface area contributed by atoms with E-state index in [2.05, 4.69) is 0 Å². The number of hydrogen-bond donors (Lipinski definition) is 0. The number of hydrogen-bond acceptors (Lipinski definition) is 0. The zero-order valence-corrected chi connectivity index (χ0v) is 10.8. The van der Waals surface area contributed by atoms with Gasteiger partial charge in [-0.15, -0.1) is 0 Å². The van der Waals surface area contributed by atoms with Gasteiger partial charge in [-0.1, -0.05) is 64.2 Å². The Morgan fingerprint density at radius 2 is 0.688 bits per heavy atom. The Balaban J connectivity index is 1.57. The minimum absolute atomic E-state index is 1.13. The molecule has 0 aromatic carbocycles. The summed E-state index contributed by atoms with van der Waals surface area (Å²) >= 11 is 0. The molecule has 4 atom stereocenters. The van der Waals surface area contributed by atoms with Gasteiger partial charge in [-0.05, 0) is 36.5 Å². The third kappa shape index (κ3) is 2.63. The van der Waals surface area contributed by atoms with E-state index in [-0.39, 0.29) is 0 Å². The van der Waals surface area contributed by atoms with E-state index >= 15 is 0 Å². The van der Waals surface area contributed by atoms with Gasteiger partial charge in [0.1, 0.15) is 0 Å². The molecule has 0 aromatic heterocycles. The van der Waals surface area contributed by atoms with Crippen LogP contribution in [0.4, 0.5) is 0 Å². The van der Waals surface area contributed by atoms with Crippen molar-refractivity contribution in [1.29, 1.82) is 0 Å². The largest absolute Gasteiger partial charge is 0.0528 e. The Labute approximate surface area is 101 Å². The first-order valence-electron chi connectivity index (χ1n) is 7.90. The molecule has 4 unspecified atom stereocenters. The van der Waals surface area contributed by atoms with Gasteiger partial charge >= 0.3 is 0 Å². The molecule has 0 heterocycles. The monoisotopic (exact) mass is 220 g/mol. The zero-order chi connectivity index (χ0) is 10.8. The fourth-order valence-corrected chi connectivity index (χ4v) is 4.80. The van der Waals surface area contributed by atoms with Gasteiger partial charge in [0.15, 0.2) is 0 Å². The van der Waals surface area contributed by atoms with Crippen LogP contribution in [-0.2, 0) is 0 Å². The average Bonchev–Trinajstić information content (AvgIpc) is 2.88. The summed E-state index contributed by atoms with van der Waals surface area (Å²) in [5, 5.41) is 0. The van der Waals surface area contributed by atoms with Crippen LogP contribution in [0.5, 0.6) is 0 Å². The first-order chi connectivity index (χ1) is 7.90. The Kier molecular flexibility index (Phi) is 3.54.